The van der Waals surface area contributed by atoms with Crippen LogP contribution in [-0.2, 0) is 5.41 Å². The van der Waals surface area contributed by atoms with E-state index < -0.39 is 0 Å². The van der Waals surface area contributed by atoms with Gasteiger partial charge in [-0.3, -0.25) is 11.3 Å². The maximum atomic E-state index is 6.05. The highest BCUT2D eigenvalue weighted by atomic mass is 15.2. The monoisotopic (exact) mass is 286 g/mol. The van der Waals surface area contributed by atoms with Gasteiger partial charge in [0.15, 0.2) is 0 Å². The summed E-state index contributed by atoms with van der Waals surface area (Å²) in [5, 5.41) is 0. The van der Waals surface area contributed by atoms with Gasteiger partial charge in [0, 0.05) is 11.5 Å². The molecule has 0 bridgehead atoms. The zero-order chi connectivity index (χ0) is 14.7. The molecule has 1 unspecified atom stereocenters. The molecule has 2 saturated carbocycles. The molecule has 21 heavy (non-hydrogen) atoms. The molecule has 1 atom stereocenters. The van der Waals surface area contributed by atoms with Crippen molar-refractivity contribution in [1.29, 1.82) is 0 Å². The van der Waals surface area contributed by atoms with Crippen LogP contribution in [0.3, 0.4) is 0 Å². The number of benzene rings is 1. The molecular formula is C19H30N2. The summed E-state index contributed by atoms with van der Waals surface area (Å²) in [6.45, 7) is 2.33. The maximum Gasteiger partial charge on any atom is 0.0335 e. The van der Waals surface area contributed by atoms with E-state index in [4.69, 9.17) is 5.84 Å². The van der Waals surface area contributed by atoms with E-state index >= 15 is 0 Å². The van der Waals surface area contributed by atoms with Crippen LogP contribution in [0, 0.1) is 11.8 Å². The molecule has 1 aromatic rings. The van der Waals surface area contributed by atoms with Gasteiger partial charge in [0.25, 0.3) is 0 Å². The van der Waals surface area contributed by atoms with Crippen molar-refractivity contribution in [2.45, 2.75) is 69.7 Å². The molecule has 0 spiro atoms. The number of hydrogen-bond donors (Lipinski definition) is 2. The van der Waals surface area contributed by atoms with Gasteiger partial charge < -0.3 is 0 Å². The molecular weight excluding hydrogens is 256 g/mol. The Morgan fingerprint density at radius 3 is 2.29 bits per heavy atom. The van der Waals surface area contributed by atoms with Gasteiger partial charge in [0.05, 0.1) is 0 Å². The van der Waals surface area contributed by atoms with Gasteiger partial charge in [-0.1, -0.05) is 62.9 Å². The molecule has 116 valence electrons. The molecule has 0 saturated heterocycles. The van der Waals surface area contributed by atoms with E-state index in [1.54, 1.807) is 0 Å². The van der Waals surface area contributed by atoms with Crippen molar-refractivity contribution in [2.75, 3.05) is 0 Å². The number of hydrogen-bond acceptors (Lipinski definition) is 2. The molecule has 2 heteroatoms. The molecule has 2 aliphatic carbocycles. The number of rotatable bonds is 5. The van der Waals surface area contributed by atoms with Crippen LogP contribution in [0.5, 0.6) is 0 Å². The molecule has 0 amide bonds. The molecule has 2 nitrogen and oxygen atoms in total. The first-order valence-corrected chi connectivity index (χ1v) is 8.82. The summed E-state index contributed by atoms with van der Waals surface area (Å²) < 4.78 is 0. The summed E-state index contributed by atoms with van der Waals surface area (Å²) in [6, 6.07) is 11.5. The SMILES string of the molecule is CCC1CCC(C(NN)C2(c3ccccc3)CCC2)CC1. The lowest BCUT2D eigenvalue weighted by atomic mass is 9.56. The van der Waals surface area contributed by atoms with Crippen molar-refractivity contribution in [3.8, 4) is 0 Å². The van der Waals surface area contributed by atoms with Crippen LogP contribution >= 0.6 is 0 Å². The minimum atomic E-state index is 0.291. The van der Waals surface area contributed by atoms with Crippen LogP contribution in [0.25, 0.3) is 0 Å². The summed E-state index contributed by atoms with van der Waals surface area (Å²) in [6.07, 6.45) is 10.8. The summed E-state index contributed by atoms with van der Waals surface area (Å²) in [7, 11) is 0. The predicted molar refractivity (Wildman–Crippen MR) is 88.8 cm³/mol. The molecule has 0 aromatic heterocycles. The Balaban J connectivity index is 1.78. The Morgan fingerprint density at radius 2 is 1.81 bits per heavy atom. The lowest BCUT2D eigenvalue weighted by Gasteiger charge is -2.52. The highest BCUT2D eigenvalue weighted by Gasteiger charge is 2.48. The van der Waals surface area contributed by atoms with Crippen LogP contribution < -0.4 is 11.3 Å². The Kier molecular flexibility index (Phi) is 4.66. The van der Waals surface area contributed by atoms with Crippen molar-refractivity contribution < 1.29 is 0 Å². The van der Waals surface area contributed by atoms with E-state index in [0.29, 0.717) is 11.5 Å². The van der Waals surface area contributed by atoms with Gasteiger partial charge in [-0.15, -0.1) is 0 Å². The van der Waals surface area contributed by atoms with Crippen molar-refractivity contribution in [3.05, 3.63) is 35.9 Å². The molecule has 0 aliphatic heterocycles. The van der Waals surface area contributed by atoms with E-state index in [2.05, 4.69) is 42.7 Å². The predicted octanol–water partition coefficient (Wildman–Crippen LogP) is 4.16. The Hall–Kier alpha value is -0.860. The van der Waals surface area contributed by atoms with Gasteiger partial charge in [0.1, 0.15) is 0 Å². The summed E-state index contributed by atoms with van der Waals surface area (Å²) in [5.41, 5.74) is 5.03. The smallest absolute Gasteiger partial charge is 0.0335 e. The van der Waals surface area contributed by atoms with Crippen molar-refractivity contribution in [2.24, 2.45) is 17.7 Å². The second-order valence-corrected chi connectivity index (χ2v) is 7.21. The minimum Gasteiger partial charge on any atom is -0.271 e. The molecule has 3 N–H and O–H groups in total. The fraction of sp³-hybridized carbons (Fsp3) is 0.684. The van der Waals surface area contributed by atoms with Crippen molar-refractivity contribution in [1.82, 2.24) is 5.43 Å². The van der Waals surface area contributed by atoms with Gasteiger partial charge in [-0.2, -0.15) is 0 Å². The quantitative estimate of drug-likeness (QED) is 0.630. The van der Waals surface area contributed by atoms with E-state index in [1.807, 2.05) is 0 Å². The summed E-state index contributed by atoms with van der Waals surface area (Å²) in [4.78, 5) is 0. The molecule has 2 aliphatic rings. The van der Waals surface area contributed by atoms with Crippen LogP contribution in [0.4, 0.5) is 0 Å². The van der Waals surface area contributed by atoms with Gasteiger partial charge in [-0.05, 0) is 43.1 Å². The fourth-order valence-electron chi connectivity index (χ4n) is 4.78. The number of nitrogens with two attached hydrogens (primary N) is 1. The summed E-state index contributed by atoms with van der Waals surface area (Å²) >= 11 is 0. The molecule has 0 radical (unpaired) electrons. The standard InChI is InChI=1S/C19H30N2/c1-2-15-9-11-16(12-10-15)18(21-20)19(13-6-14-19)17-7-4-3-5-8-17/h3-5,7-8,15-16,18,21H,2,6,9-14,20H2,1H3. The number of hydrazine groups is 1. The second kappa shape index (κ2) is 6.50. The van der Waals surface area contributed by atoms with Crippen molar-refractivity contribution in [3.63, 3.8) is 0 Å². The van der Waals surface area contributed by atoms with Crippen molar-refractivity contribution >= 4 is 0 Å². The molecule has 3 rings (SSSR count). The first-order valence-electron chi connectivity index (χ1n) is 8.82. The Morgan fingerprint density at radius 1 is 1.14 bits per heavy atom. The van der Waals surface area contributed by atoms with Crippen LogP contribution in [-0.4, -0.2) is 6.04 Å². The number of nitrogens with one attached hydrogen (secondary N) is 1. The third-order valence-electron chi connectivity index (χ3n) is 6.31. The largest absolute Gasteiger partial charge is 0.271 e. The minimum absolute atomic E-state index is 0.291. The van der Waals surface area contributed by atoms with Crippen LogP contribution in [0.15, 0.2) is 30.3 Å². The Labute approximate surface area is 129 Å². The van der Waals surface area contributed by atoms with E-state index in [0.717, 1.165) is 11.8 Å². The lowest BCUT2D eigenvalue weighted by Crippen LogP contribution is -2.58. The van der Waals surface area contributed by atoms with E-state index in [1.165, 1.54) is 56.9 Å². The fourth-order valence-corrected chi connectivity index (χ4v) is 4.78. The molecule has 0 heterocycles. The first kappa shape index (κ1) is 15.1. The first-order chi connectivity index (χ1) is 10.3. The van der Waals surface area contributed by atoms with Crippen LogP contribution in [0.1, 0.15) is 63.9 Å². The van der Waals surface area contributed by atoms with Gasteiger partial charge in [-0.25, -0.2) is 0 Å². The van der Waals surface area contributed by atoms with E-state index in [9.17, 15) is 0 Å². The highest BCUT2D eigenvalue weighted by molar-refractivity contribution is 5.31. The average Bonchev–Trinajstić information content (AvgIpc) is 2.52. The zero-order valence-electron chi connectivity index (χ0n) is 13.4. The van der Waals surface area contributed by atoms with Crippen LogP contribution in [0.2, 0.25) is 0 Å². The zero-order valence-corrected chi connectivity index (χ0v) is 13.4. The third-order valence-corrected chi connectivity index (χ3v) is 6.31. The Bertz CT molecular complexity index is 430. The normalized spacial score (nSPS) is 29.6. The molecule has 1 aromatic carbocycles. The topological polar surface area (TPSA) is 38.0 Å². The van der Waals surface area contributed by atoms with E-state index in [-0.39, 0.29) is 0 Å². The lowest BCUT2D eigenvalue weighted by molar-refractivity contribution is 0.0946. The maximum absolute atomic E-state index is 6.05. The summed E-state index contributed by atoms with van der Waals surface area (Å²) in [5.74, 6) is 7.75. The highest BCUT2D eigenvalue weighted by Crippen LogP contribution is 2.50. The molecule has 2 fully saturated rings. The van der Waals surface area contributed by atoms with Gasteiger partial charge in [0.2, 0.25) is 0 Å². The average molecular weight is 286 g/mol. The third kappa shape index (κ3) is 2.76. The van der Waals surface area contributed by atoms with Gasteiger partial charge >= 0.3 is 0 Å². The second-order valence-electron chi connectivity index (χ2n) is 7.21.